The molecule has 0 aliphatic rings. The van der Waals surface area contributed by atoms with Crippen molar-refractivity contribution in [1.82, 2.24) is 14.5 Å². The van der Waals surface area contributed by atoms with E-state index in [1.807, 2.05) is 10.8 Å². The van der Waals surface area contributed by atoms with E-state index in [1.54, 1.807) is 13.1 Å². The van der Waals surface area contributed by atoms with Gasteiger partial charge in [-0.3, -0.25) is 4.98 Å². The van der Waals surface area contributed by atoms with E-state index in [4.69, 9.17) is 0 Å². The van der Waals surface area contributed by atoms with Crippen LogP contribution in [0.5, 0.6) is 0 Å². The number of rotatable bonds is 5. The maximum atomic E-state index is 12.9. The van der Waals surface area contributed by atoms with Crippen LogP contribution in [0.1, 0.15) is 31.8 Å². The fourth-order valence-corrected chi connectivity index (χ4v) is 2.04. The number of hydrogen-bond donors (Lipinski definition) is 1. The molecule has 19 heavy (non-hydrogen) atoms. The van der Waals surface area contributed by atoms with Crippen LogP contribution in [0.15, 0.2) is 30.7 Å². The molecule has 0 saturated carbocycles. The molecule has 1 N–H and O–H groups in total. The van der Waals surface area contributed by atoms with Gasteiger partial charge < -0.3 is 9.67 Å². The number of halogens is 1. The molecule has 2 rings (SSSR count). The van der Waals surface area contributed by atoms with Gasteiger partial charge in [-0.2, -0.15) is 0 Å². The second-order valence-electron chi connectivity index (χ2n) is 4.85. The maximum absolute atomic E-state index is 12.9. The lowest BCUT2D eigenvalue weighted by molar-refractivity contribution is 0.0498. The van der Waals surface area contributed by atoms with Crippen molar-refractivity contribution >= 4 is 0 Å². The summed E-state index contributed by atoms with van der Waals surface area (Å²) in [5.74, 6) is 0.394. The molecule has 0 bridgehead atoms. The molecule has 5 heteroatoms. The largest absolute Gasteiger partial charge is 0.383 e. The van der Waals surface area contributed by atoms with Crippen LogP contribution < -0.4 is 0 Å². The van der Waals surface area contributed by atoms with Crippen LogP contribution in [-0.2, 0) is 18.6 Å². The third-order valence-electron chi connectivity index (χ3n) is 3.05. The molecule has 0 amide bonds. The molecule has 2 aromatic rings. The monoisotopic (exact) mass is 263 g/mol. The highest BCUT2D eigenvalue weighted by molar-refractivity contribution is 5.15. The van der Waals surface area contributed by atoms with Crippen molar-refractivity contribution in [3.05, 3.63) is 48.1 Å². The van der Waals surface area contributed by atoms with Gasteiger partial charge in [0.25, 0.3) is 0 Å². The van der Waals surface area contributed by atoms with Gasteiger partial charge in [0.05, 0.1) is 11.9 Å². The van der Waals surface area contributed by atoms with Crippen LogP contribution in [0.25, 0.3) is 0 Å². The molecular formula is C14H18FN3O. The summed E-state index contributed by atoms with van der Waals surface area (Å²) in [6.07, 6.45) is 6.08. The number of imidazole rings is 1. The minimum Gasteiger partial charge on any atom is -0.383 e. The van der Waals surface area contributed by atoms with Crippen molar-refractivity contribution in [3.63, 3.8) is 0 Å². The molecular weight excluding hydrogens is 245 g/mol. The van der Waals surface area contributed by atoms with E-state index in [2.05, 4.69) is 16.9 Å². The molecule has 1 atom stereocenters. The third kappa shape index (κ3) is 3.17. The molecule has 0 fully saturated rings. The van der Waals surface area contributed by atoms with Crippen LogP contribution in [-0.4, -0.2) is 19.6 Å². The van der Waals surface area contributed by atoms with Gasteiger partial charge in [0.2, 0.25) is 0 Å². The Morgan fingerprint density at radius 3 is 2.79 bits per heavy atom. The molecule has 0 radical (unpaired) electrons. The van der Waals surface area contributed by atoms with E-state index in [9.17, 15) is 9.50 Å². The summed E-state index contributed by atoms with van der Waals surface area (Å²) in [5.41, 5.74) is -0.718. The van der Waals surface area contributed by atoms with Crippen molar-refractivity contribution in [2.24, 2.45) is 0 Å². The second-order valence-corrected chi connectivity index (χ2v) is 4.85. The highest BCUT2D eigenvalue weighted by atomic mass is 19.1. The minimum absolute atomic E-state index is 0.346. The zero-order valence-electron chi connectivity index (χ0n) is 11.2. The van der Waals surface area contributed by atoms with Gasteiger partial charge in [-0.1, -0.05) is 6.92 Å². The summed E-state index contributed by atoms with van der Waals surface area (Å²) in [6.45, 7) is 4.61. The molecule has 1 unspecified atom stereocenters. The normalized spacial score (nSPS) is 14.3. The Labute approximate surface area is 111 Å². The van der Waals surface area contributed by atoms with Crippen molar-refractivity contribution in [2.45, 2.75) is 38.8 Å². The topological polar surface area (TPSA) is 50.9 Å². The quantitative estimate of drug-likeness (QED) is 0.900. The molecule has 102 valence electrons. The van der Waals surface area contributed by atoms with Gasteiger partial charge in [-0.15, -0.1) is 0 Å². The zero-order chi connectivity index (χ0) is 13.9. The average Bonchev–Trinajstić information content (AvgIpc) is 2.77. The first kappa shape index (κ1) is 13.7. The van der Waals surface area contributed by atoms with Crippen molar-refractivity contribution in [1.29, 1.82) is 0 Å². The van der Waals surface area contributed by atoms with Crippen molar-refractivity contribution in [3.8, 4) is 0 Å². The van der Waals surface area contributed by atoms with Crippen LogP contribution in [0.3, 0.4) is 0 Å². The first-order valence-electron chi connectivity index (χ1n) is 6.37. The lowest BCUT2D eigenvalue weighted by atomic mass is 9.97. The first-order valence-corrected chi connectivity index (χ1v) is 6.37. The van der Waals surface area contributed by atoms with E-state index in [0.29, 0.717) is 12.1 Å². The highest BCUT2D eigenvalue weighted by Gasteiger charge is 2.27. The molecule has 0 aliphatic carbocycles. The molecule has 0 spiro atoms. The van der Waals surface area contributed by atoms with Crippen LogP contribution in [0.4, 0.5) is 4.39 Å². The molecule has 4 nitrogen and oxygen atoms in total. The Hall–Kier alpha value is -1.75. The van der Waals surface area contributed by atoms with Gasteiger partial charge in [-0.25, -0.2) is 9.37 Å². The Kier molecular flexibility index (Phi) is 3.95. The zero-order valence-corrected chi connectivity index (χ0v) is 11.2. The number of aliphatic hydroxyl groups is 1. The van der Waals surface area contributed by atoms with Crippen LogP contribution in [0.2, 0.25) is 0 Å². The van der Waals surface area contributed by atoms with Gasteiger partial charge >= 0.3 is 0 Å². The van der Waals surface area contributed by atoms with Gasteiger partial charge in [0, 0.05) is 25.4 Å². The SMILES string of the molecule is CCCn1ccnc1CC(C)(O)c1ccc(F)cn1. The molecule has 0 aromatic carbocycles. The standard InChI is InChI=1S/C14H18FN3O/c1-3-7-18-8-6-16-13(18)9-14(2,19)12-5-4-11(15)10-17-12/h4-6,8,10,19H,3,7,9H2,1-2H3. The predicted octanol–water partition coefficient (Wildman–Crippen LogP) is 2.28. The van der Waals surface area contributed by atoms with Crippen LogP contribution in [0, 0.1) is 5.82 Å². The smallest absolute Gasteiger partial charge is 0.141 e. The summed E-state index contributed by atoms with van der Waals surface area (Å²) in [5, 5.41) is 10.5. The van der Waals surface area contributed by atoms with Gasteiger partial charge in [0.1, 0.15) is 17.2 Å². The number of hydrogen-bond acceptors (Lipinski definition) is 3. The summed E-state index contributed by atoms with van der Waals surface area (Å²) < 4.78 is 14.9. The number of aromatic nitrogens is 3. The molecule has 0 saturated heterocycles. The summed E-state index contributed by atoms with van der Waals surface area (Å²) in [7, 11) is 0. The van der Waals surface area contributed by atoms with E-state index < -0.39 is 11.4 Å². The Bertz CT molecular complexity index is 534. The third-order valence-corrected chi connectivity index (χ3v) is 3.05. The Morgan fingerprint density at radius 1 is 1.37 bits per heavy atom. The number of aryl methyl sites for hydroxylation is 1. The maximum Gasteiger partial charge on any atom is 0.141 e. The van der Waals surface area contributed by atoms with Crippen LogP contribution >= 0.6 is 0 Å². The molecule has 0 aliphatic heterocycles. The fraction of sp³-hybridized carbons (Fsp3) is 0.429. The highest BCUT2D eigenvalue weighted by Crippen LogP contribution is 2.23. The van der Waals surface area contributed by atoms with E-state index in [0.717, 1.165) is 25.0 Å². The number of nitrogens with zero attached hydrogens (tertiary/aromatic N) is 3. The Morgan fingerprint density at radius 2 is 2.16 bits per heavy atom. The summed E-state index contributed by atoms with van der Waals surface area (Å²) in [4.78, 5) is 8.21. The average molecular weight is 263 g/mol. The minimum atomic E-state index is -1.16. The molecule has 2 aromatic heterocycles. The van der Waals surface area contributed by atoms with Crippen molar-refractivity contribution in [2.75, 3.05) is 0 Å². The van der Waals surface area contributed by atoms with Gasteiger partial charge in [-0.05, 0) is 25.5 Å². The van der Waals surface area contributed by atoms with E-state index in [-0.39, 0.29) is 0 Å². The Balaban J connectivity index is 2.20. The van der Waals surface area contributed by atoms with E-state index in [1.165, 1.54) is 12.1 Å². The number of pyridine rings is 1. The summed E-state index contributed by atoms with van der Waals surface area (Å²) >= 11 is 0. The first-order chi connectivity index (χ1) is 9.03. The fourth-order valence-electron chi connectivity index (χ4n) is 2.04. The lowest BCUT2D eigenvalue weighted by Crippen LogP contribution is -2.27. The second kappa shape index (κ2) is 5.48. The van der Waals surface area contributed by atoms with Crippen molar-refractivity contribution < 1.29 is 9.50 Å². The lowest BCUT2D eigenvalue weighted by Gasteiger charge is -2.22. The predicted molar refractivity (Wildman–Crippen MR) is 70.0 cm³/mol. The summed E-state index contributed by atoms with van der Waals surface area (Å²) in [6, 6.07) is 2.80. The molecule has 2 heterocycles. The van der Waals surface area contributed by atoms with E-state index >= 15 is 0 Å². The van der Waals surface area contributed by atoms with Gasteiger partial charge in [0.15, 0.2) is 0 Å².